The van der Waals surface area contributed by atoms with Crippen LogP contribution < -0.4 is 5.32 Å². The van der Waals surface area contributed by atoms with Gasteiger partial charge in [-0.1, -0.05) is 12.8 Å². The minimum Gasteiger partial charge on any atom is -0.467 e. The number of carbonyl (C=O) groups excluding carboxylic acids is 2. The van der Waals surface area contributed by atoms with Gasteiger partial charge < -0.3 is 14.6 Å². The topological polar surface area (TPSA) is 62.6 Å². The Bertz CT molecular complexity index is 606. The predicted molar refractivity (Wildman–Crippen MR) is 88.9 cm³/mol. The molecule has 3 aliphatic rings. The number of nitrogens with zero attached hydrogens (tertiary/aromatic N) is 1. The molecule has 1 N–H and O–H groups in total. The van der Waals surface area contributed by atoms with Crippen molar-refractivity contribution in [2.45, 2.75) is 51.5 Å². The average molecular weight is 330 g/mol. The van der Waals surface area contributed by atoms with E-state index >= 15 is 0 Å². The lowest BCUT2D eigenvalue weighted by Crippen LogP contribution is -2.31. The molecular formula is C19H26N2O3. The molecule has 1 aromatic heterocycles. The standard InChI is InChI=1S/C19H26N2O3/c22-17(10-14-4-1-2-5-14)21-8-7-19(13-21)11-16(19)18(23)20-12-15-6-3-9-24-15/h3,6,9,14,16H,1-2,4-5,7-8,10-13H2,(H,20,23)/t16-,19+/m0/s1. The first-order chi connectivity index (χ1) is 11.7. The van der Waals surface area contributed by atoms with Gasteiger partial charge >= 0.3 is 0 Å². The summed E-state index contributed by atoms with van der Waals surface area (Å²) in [6.45, 7) is 2.05. The molecule has 130 valence electrons. The molecule has 24 heavy (non-hydrogen) atoms. The van der Waals surface area contributed by atoms with Gasteiger partial charge in [0.05, 0.1) is 12.8 Å². The van der Waals surface area contributed by atoms with Crippen molar-refractivity contribution in [1.29, 1.82) is 0 Å². The summed E-state index contributed by atoms with van der Waals surface area (Å²) in [4.78, 5) is 26.9. The third kappa shape index (κ3) is 3.08. The van der Waals surface area contributed by atoms with Crippen LogP contribution in [0.15, 0.2) is 22.8 Å². The molecule has 2 heterocycles. The van der Waals surface area contributed by atoms with Gasteiger partial charge in [-0.3, -0.25) is 9.59 Å². The van der Waals surface area contributed by atoms with E-state index in [2.05, 4.69) is 5.32 Å². The first-order valence-corrected chi connectivity index (χ1v) is 9.24. The lowest BCUT2D eigenvalue weighted by molar-refractivity contribution is -0.131. The van der Waals surface area contributed by atoms with Gasteiger partial charge in [0.15, 0.2) is 0 Å². The summed E-state index contributed by atoms with van der Waals surface area (Å²) in [6.07, 6.45) is 9.20. The van der Waals surface area contributed by atoms with Crippen LogP contribution in [-0.2, 0) is 16.1 Å². The smallest absolute Gasteiger partial charge is 0.224 e. The number of nitrogens with one attached hydrogen (secondary N) is 1. The number of hydrogen-bond acceptors (Lipinski definition) is 3. The molecule has 2 amide bonds. The van der Waals surface area contributed by atoms with Crippen LogP contribution in [0.2, 0.25) is 0 Å². The monoisotopic (exact) mass is 330 g/mol. The van der Waals surface area contributed by atoms with E-state index in [0.717, 1.165) is 31.7 Å². The number of furan rings is 1. The minimum atomic E-state index is 0.0542. The predicted octanol–water partition coefficient (Wildman–Crippen LogP) is 2.71. The largest absolute Gasteiger partial charge is 0.467 e. The second kappa shape index (κ2) is 6.26. The van der Waals surface area contributed by atoms with E-state index in [-0.39, 0.29) is 17.2 Å². The second-order valence-corrected chi connectivity index (χ2v) is 7.84. The molecule has 3 fully saturated rings. The van der Waals surface area contributed by atoms with E-state index in [1.54, 1.807) is 6.26 Å². The fraction of sp³-hybridized carbons (Fsp3) is 0.684. The SMILES string of the molecule is O=C(NCc1ccco1)[C@@H]1C[C@@]12CCN(C(=O)CC1CCCC1)C2. The molecule has 0 bridgehead atoms. The van der Waals surface area contributed by atoms with Crippen LogP contribution in [-0.4, -0.2) is 29.8 Å². The van der Waals surface area contributed by atoms with Gasteiger partial charge in [-0.05, 0) is 43.7 Å². The van der Waals surface area contributed by atoms with Crippen LogP contribution in [0.5, 0.6) is 0 Å². The lowest BCUT2D eigenvalue weighted by atomic mass is 10.0. The summed E-state index contributed by atoms with van der Waals surface area (Å²) >= 11 is 0. The van der Waals surface area contributed by atoms with Gasteiger partial charge in [-0.25, -0.2) is 0 Å². The summed E-state index contributed by atoms with van der Waals surface area (Å²) in [5.74, 6) is 1.85. The van der Waals surface area contributed by atoms with Crippen molar-refractivity contribution in [2.75, 3.05) is 13.1 Å². The van der Waals surface area contributed by atoms with Crippen molar-refractivity contribution in [3.8, 4) is 0 Å². The van der Waals surface area contributed by atoms with Crippen LogP contribution in [0.4, 0.5) is 0 Å². The molecule has 0 radical (unpaired) electrons. The summed E-state index contributed by atoms with van der Waals surface area (Å²) in [5.41, 5.74) is 0.0542. The van der Waals surface area contributed by atoms with Crippen molar-refractivity contribution < 1.29 is 14.0 Å². The third-order valence-electron chi connectivity index (χ3n) is 6.20. The Morgan fingerprint density at radius 1 is 1.33 bits per heavy atom. The van der Waals surface area contributed by atoms with Crippen molar-refractivity contribution in [3.05, 3.63) is 24.2 Å². The molecule has 5 heteroatoms. The molecule has 4 rings (SSSR count). The highest BCUT2D eigenvalue weighted by Gasteiger charge is 2.61. The average Bonchev–Trinajstić information content (AvgIpc) is 3.07. The van der Waals surface area contributed by atoms with E-state index in [9.17, 15) is 9.59 Å². The molecule has 0 unspecified atom stereocenters. The molecule has 1 aliphatic heterocycles. The normalized spacial score (nSPS) is 29.3. The van der Waals surface area contributed by atoms with Gasteiger partial charge in [0.25, 0.3) is 0 Å². The number of likely N-dealkylation sites (tertiary alicyclic amines) is 1. The highest BCUT2D eigenvalue weighted by Crippen LogP contribution is 2.58. The Hall–Kier alpha value is -1.78. The molecule has 5 nitrogen and oxygen atoms in total. The Morgan fingerprint density at radius 3 is 2.92 bits per heavy atom. The van der Waals surface area contributed by atoms with Crippen LogP contribution >= 0.6 is 0 Å². The molecular weight excluding hydrogens is 304 g/mol. The Kier molecular flexibility index (Phi) is 4.10. The Labute approximate surface area is 142 Å². The minimum absolute atomic E-state index is 0.0542. The van der Waals surface area contributed by atoms with Crippen molar-refractivity contribution in [1.82, 2.24) is 10.2 Å². The van der Waals surface area contributed by atoms with Crippen molar-refractivity contribution in [2.24, 2.45) is 17.3 Å². The quantitative estimate of drug-likeness (QED) is 0.903. The molecule has 2 saturated carbocycles. The summed E-state index contributed by atoms with van der Waals surface area (Å²) in [5, 5.41) is 2.96. The van der Waals surface area contributed by atoms with Crippen LogP contribution in [0.25, 0.3) is 0 Å². The number of hydrogen-bond donors (Lipinski definition) is 1. The Morgan fingerprint density at radius 2 is 2.17 bits per heavy atom. The highest BCUT2D eigenvalue weighted by atomic mass is 16.3. The third-order valence-corrected chi connectivity index (χ3v) is 6.20. The maximum atomic E-state index is 12.5. The summed E-state index contributed by atoms with van der Waals surface area (Å²) < 4.78 is 5.25. The van der Waals surface area contributed by atoms with E-state index in [1.807, 2.05) is 17.0 Å². The van der Waals surface area contributed by atoms with E-state index in [0.29, 0.717) is 24.8 Å². The first-order valence-electron chi connectivity index (χ1n) is 9.24. The summed E-state index contributed by atoms with van der Waals surface area (Å²) in [6, 6.07) is 3.69. The van der Waals surface area contributed by atoms with Gasteiger partial charge in [0.2, 0.25) is 11.8 Å². The number of carbonyl (C=O) groups is 2. The van der Waals surface area contributed by atoms with Gasteiger partial charge in [-0.2, -0.15) is 0 Å². The number of rotatable bonds is 5. The van der Waals surface area contributed by atoms with Crippen LogP contribution in [0.1, 0.15) is 50.7 Å². The van der Waals surface area contributed by atoms with Crippen molar-refractivity contribution >= 4 is 11.8 Å². The number of amides is 2. The molecule has 2 aliphatic carbocycles. The van der Waals surface area contributed by atoms with E-state index in [4.69, 9.17) is 4.42 Å². The zero-order chi connectivity index (χ0) is 16.6. The highest BCUT2D eigenvalue weighted by molar-refractivity contribution is 5.83. The van der Waals surface area contributed by atoms with E-state index < -0.39 is 0 Å². The maximum absolute atomic E-state index is 12.5. The Balaban J connectivity index is 1.25. The molecule has 2 atom stereocenters. The second-order valence-electron chi connectivity index (χ2n) is 7.84. The summed E-state index contributed by atoms with van der Waals surface area (Å²) in [7, 11) is 0. The first kappa shape index (κ1) is 15.7. The fourth-order valence-corrected chi connectivity index (χ4v) is 4.58. The van der Waals surface area contributed by atoms with E-state index in [1.165, 1.54) is 25.7 Å². The van der Waals surface area contributed by atoms with Crippen molar-refractivity contribution in [3.63, 3.8) is 0 Å². The van der Waals surface area contributed by atoms with Crippen LogP contribution in [0, 0.1) is 17.3 Å². The van der Waals surface area contributed by atoms with Gasteiger partial charge in [0.1, 0.15) is 5.76 Å². The maximum Gasteiger partial charge on any atom is 0.224 e. The molecule has 1 aromatic rings. The van der Waals surface area contributed by atoms with Gasteiger partial charge in [0, 0.05) is 30.8 Å². The molecule has 1 saturated heterocycles. The molecule has 1 spiro atoms. The van der Waals surface area contributed by atoms with Gasteiger partial charge in [-0.15, -0.1) is 0 Å². The lowest BCUT2D eigenvalue weighted by Gasteiger charge is -2.19. The zero-order valence-electron chi connectivity index (χ0n) is 14.1. The molecule has 0 aromatic carbocycles. The zero-order valence-corrected chi connectivity index (χ0v) is 14.1. The fourth-order valence-electron chi connectivity index (χ4n) is 4.58. The van der Waals surface area contributed by atoms with Crippen LogP contribution in [0.3, 0.4) is 0 Å².